The first-order valence-corrected chi connectivity index (χ1v) is 11.0. The maximum absolute atomic E-state index is 10.7. The van der Waals surface area contributed by atoms with Gasteiger partial charge >= 0.3 is 0 Å². The second kappa shape index (κ2) is 7.48. The Balaban J connectivity index is 1.48. The number of aromatic hydroxyl groups is 1. The average Bonchev–Trinajstić information content (AvgIpc) is 3.15. The molecule has 0 unspecified atom stereocenters. The lowest BCUT2D eigenvalue weighted by molar-refractivity contribution is 0.127. The Bertz CT molecular complexity index is 1330. The van der Waals surface area contributed by atoms with Crippen LogP contribution >= 0.6 is 0 Å². The van der Waals surface area contributed by atoms with Crippen LogP contribution in [0.5, 0.6) is 5.75 Å². The summed E-state index contributed by atoms with van der Waals surface area (Å²) >= 11 is 0. The lowest BCUT2D eigenvalue weighted by Gasteiger charge is -2.46. The molecule has 3 aromatic heterocycles. The first kappa shape index (κ1) is 21.3. The molecule has 0 radical (unpaired) electrons. The summed E-state index contributed by atoms with van der Waals surface area (Å²) in [6.45, 7) is 8.82. The van der Waals surface area contributed by atoms with E-state index in [4.69, 9.17) is 5.73 Å². The van der Waals surface area contributed by atoms with Crippen molar-refractivity contribution in [2.75, 3.05) is 5.73 Å². The number of nitrogens with two attached hydrogens (primary N) is 1. The van der Waals surface area contributed by atoms with Gasteiger partial charge in [0.25, 0.3) is 0 Å². The highest BCUT2D eigenvalue weighted by molar-refractivity contribution is 5.79. The lowest BCUT2D eigenvalue weighted by atomic mass is 9.80. The normalized spacial score (nSPS) is 17.9. The number of anilines is 1. The van der Waals surface area contributed by atoms with Gasteiger partial charge < -0.3 is 16.2 Å². The van der Waals surface area contributed by atoms with Crippen molar-refractivity contribution in [3.8, 4) is 28.1 Å². The van der Waals surface area contributed by atoms with E-state index < -0.39 is 0 Å². The smallest absolute Gasteiger partial charge is 0.201 e. The van der Waals surface area contributed by atoms with Gasteiger partial charge in [-0.2, -0.15) is 0 Å². The maximum Gasteiger partial charge on any atom is 0.201 e. The summed E-state index contributed by atoms with van der Waals surface area (Å²) in [4.78, 5) is 4.01. The van der Waals surface area contributed by atoms with Crippen molar-refractivity contribution in [1.29, 1.82) is 0 Å². The molecule has 5 rings (SSSR count). The van der Waals surface area contributed by atoms with Gasteiger partial charge in [0.1, 0.15) is 17.1 Å². The summed E-state index contributed by atoms with van der Waals surface area (Å²) < 4.78 is 1.90. The van der Waals surface area contributed by atoms with Gasteiger partial charge in [-0.25, -0.2) is 9.67 Å². The van der Waals surface area contributed by atoms with Crippen LogP contribution in [-0.4, -0.2) is 46.4 Å². The third kappa shape index (κ3) is 4.11. The molecule has 0 atom stereocenters. The summed E-state index contributed by atoms with van der Waals surface area (Å²) in [6, 6.07) is 11.0. The third-order valence-corrected chi connectivity index (χ3v) is 6.12. The standard InChI is InChI=1S/C24H28N8O/c1-23(2)12-16(13-24(3,4)30-23)32-22-19(28-31-32)11-18(27-29-22)17-6-5-14(9-20(17)33)15-7-8-26-21(25)10-15/h5-11,16,30,33H,12-13H2,1-4H3,(H2,25,26). The molecule has 4 heterocycles. The van der Waals surface area contributed by atoms with Gasteiger partial charge in [-0.1, -0.05) is 11.3 Å². The Hall–Kier alpha value is -3.59. The van der Waals surface area contributed by atoms with Gasteiger partial charge in [0.05, 0.1) is 11.7 Å². The number of hydrogen-bond acceptors (Lipinski definition) is 8. The molecule has 170 valence electrons. The number of pyridine rings is 1. The highest BCUT2D eigenvalue weighted by Gasteiger charge is 2.39. The zero-order valence-corrected chi connectivity index (χ0v) is 19.2. The molecule has 9 heteroatoms. The average molecular weight is 445 g/mol. The molecule has 1 aliphatic heterocycles. The van der Waals surface area contributed by atoms with Gasteiger partial charge in [-0.3, -0.25) is 0 Å². The molecular formula is C24H28N8O. The summed E-state index contributed by atoms with van der Waals surface area (Å²) in [5, 5.41) is 32.0. The number of nitrogen functional groups attached to an aromatic ring is 1. The van der Waals surface area contributed by atoms with Crippen LogP contribution in [0.2, 0.25) is 0 Å². The van der Waals surface area contributed by atoms with E-state index in [1.807, 2.05) is 28.9 Å². The fourth-order valence-electron chi connectivity index (χ4n) is 5.13. The molecule has 9 nitrogen and oxygen atoms in total. The number of phenolic OH excluding ortho intramolecular Hbond substituents is 1. The minimum absolute atomic E-state index is 0.0227. The maximum atomic E-state index is 10.7. The minimum atomic E-state index is -0.0227. The Labute approximate surface area is 192 Å². The monoisotopic (exact) mass is 444 g/mol. The molecule has 0 bridgehead atoms. The van der Waals surface area contributed by atoms with Crippen molar-refractivity contribution in [3.63, 3.8) is 0 Å². The van der Waals surface area contributed by atoms with Crippen LogP contribution in [0.1, 0.15) is 46.6 Å². The minimum Gasteiger partial charge on any atom is -0.507 e. The van der Waals surface area contributed by atoms with Gasteiger partial charge in [0, 0.05) is 22.8 Å². The summed E-state index contributed by atoms with van der Waals surface area (Å²) in [5.41, 5.74) is 9.87. The van der Waals surface area contributed by atoms with Gasteiger partial charge in [0.15, 0.2) is 0 Å². The molecule has 1 aliphatic rings. The quantitative estimate of drug-likeness (QED) is 0.436. The molecule has 0 amide bonds. The highest BCUT2D eigenvalue weighted by atomic mass is 16.3. The fraction of sp³-hybridized carbons (Fsp3) is 0.375. The van der Waals surface area contributed by atoms with E-state index >= 15 is 0 Å². The molecule has 0 saturated carbocycles. The first-order valence-electron chi connectivity index (χ1n) is 11.0. The van der Waals surface area contributed by atoms with E-state index in [0.717, 1.165) is 24.0 Å². The van der Waals surface area contributed by atoms with Crippen molar-refractivity contribution in [2.24, 2.45) is 0 Å². The van der Waals surface area contributed by atoms with Gasteiger partial charge in [-0.05, 0) is 82.0 Å². The third-order valence-electron chi connectivity index (χ3n) is 6.12. The van der Waals surface area contributed by atoms with Crippen molar-refractivity contribution >= 4 is 17.0 Å². The molecule has 4 aromatic rings. The van der Waals surface area contributed by atoms with E-state index in [1.54, 1.807) is 18.3 Å². The predicted molar refractivity (Wildman–Crippen MR) is 127 cm³/mol. The second-order valence-corrected chi connectivity index (χ2v) is 10.1. The number of phenols is 1. The van der Waals surface area contributed by atoms with Crippen LogP contribution in [-0.2, 0) is 0 Å². The second-order valence-electron chi connectivity index (χ2n) is 10.1. The van der Waals surface area contributed by atoms with Crippen molar-refractivity contribution in [1.82, 2.24) is 35.5 Å². The van der Waals surface area contributed by atoms with Crippen LogP contribution in [0.4, 0.5) is 5.82 Å². The number of benzene rings is 1. The molecule has 33 heavy (non-hydrogen) atoms. The van der Waals surface area contributed by atoms with Crippen molar-refractivity contribution < 1.29 is 5.11 Å². The Morgan fingerprint density at radius 2 is 1.70 bits per heavy atom. The number of rotatable bonds is 3. The number of piperidine rings is 1. The van der Waals surface area contributed by atoms with Crippen molar-refractivity contribution in [3.05, 3.63) is 42.6 Å². The van der Waals surface area contributed by atoms with Crippen LogP contribution in [0.3, 0.4) is 0 Å². The number of aromatic nitrogens is 6. The number of fused-ring (bicyclic) bond motifs is 1. The first-order chi connectivity index (χ1) is 15.6. The van der Waals surface area contributed by atoms with E-state index in [9.17, 15) is 5.11 Å². The Kier molecular flexibility index (Phi) is 4.82. The Morgan fingerprint density at radius 3 is 2.39 bits per heavy atom. The number of nitrogens with zero attached hydrogens (tertiary/aromatic N) is 6. The molecule has 0 spiro atoms. The van der Waals surface area contributed by atoms with E-state index in [1.165, 1.54) is 0 Å². The zero-order chi connectivity index (χ0) is 23.4. The Morgan fingerprint density at radius 1 is 0.970 bits per heavy atom. The van der Waals surface area contributed by atoms with Crippen molar-refractivity contribution in [2.45, 2.75) is 57.7 Å². The molecule has 4 N–H and O–H groups in total. The number of hydrogen-bond donors (Lipinski definition) is 3. The summed E-state index contributed by atoms with van der Waals surface area (Å²) in [7, 11) is 0. The van der Waals surface area contributed by atoms with Crippen LogP contribution in [0, 0.1) is 0 Å². The molecule has 0 aliphatic carbocycles. The van der Waals surface area contributed by atoms with Crippen LogP contribution < -0.4 is 11.1 Å². The molecule has 1 fully saturated rings. The summed E-state index contributed by atoms with van der Waals surface area (Å²) in [6.07, 6.45) is 3.48. The topological polar surface area (TPSA) is 128 Å². The zero-order valence-electron chi connectivity index (χ0n) is 19.2. The SMILES string of the molecule is CC1(C)CC(n2nnc3cc(-c4ccc(-c5ccnc(N)c5)cc4O)nnc32)CC(C)(C)N1. The van der Waals surface area contributed by atoms with Crippen LogP contribution in [0.15, 0.2) is 42.6 Å². The lowest BCUT2D eigenvalue weighted by Crippen LogP contribution is -2.58. The molecule has 1 saturated heterocycles. The van der Waals surface area contributed by atoms with Gasteiger partial charge in [0.2, 0.25) is 5.65 Å². The van der Waals surface area contributed by atoms with Crippen LogP contribution in [0.25, 0.3) is 33.5 Å². The molecule has 1 aromatic carbocycles. The fourth-order valence-corrected chi connectivity index (χ4v) is 5.13. The van der Waals surface area contributed by atoms with E-state index in [0.29, 0.717) is 28.2 Å². The largest absolute Gasteiger partial charge is 0.507 e. The van der Waals surface area contributed by atoms with E-state index in [-0.39, 0.29) is 22.9 Å². The van der Waals surface area contributed by atoms with E-state index in [2.05, 4.69) is 58.5 Å². The highest BCUT2D eigenvalue weighted by Crippen LogP contribution is 2.37. The summed E-state index contributed by atoms with van der Waals surface area (Å²) in [5.74, 6) is 0.529. The predicted octanol–water partition coefficient (Wildman–Crippen LogP) is 3.72. The molecular weight excluding hydrogens is 416 g/mol. The van der Waals surface area contributed by atoms with Gasteiger partial charge in [-0.15, -0.1) is 15.3 Å². The number of nitrogens with one attached hydrogen (secondary N) is 1.